The Labute approximate surface area is 94.2 Å². The summed E-state index contributed by atoms with van der Waals surface area (Å²) in [6.07, 6.45) is 0. The Morgan fingerprint density at radius 1 is 1.20 bits per heavy atom. The maximum atomic E-state index is 5.88. The SMILES string of the molecule is C[SiH](C)Oc1cc(C(C)(C)C)ccc1N. The molecule has 0 amide bonds. The topological polar surface area (TPSA) is 35.2 Å². The largest absolute Gasteiger partial charge is 0.546 e. The van der Waals surface area contributed by atoms with Crippen LogP contribution in [0.5, 0.6) is 5.75 Å². The lowest BCUT2D eigenvalue weighted by atomic mass is 9.87. The summed E-state index contributed by atoms with van der Waals surface area (Å²) in [6.45, 7) is 10.9. The third-order valence-corrected chi connectivity index (χ3v) is 2.97. The zero-order valence-corrected chi connectivity index (χ0v) is 11.4. The molecule has 0 spiro atoms. The lowest BCUT2D eigenvalue weighted by molar-refractivity contribution is 0.562. The van der Waals surface area contributed by atoms with Gasteiger partial charge in [0.2, 0.25) is 9.04 Å². The number of nitrogen functional groups attached to an aromatic ring is 1. The molecule has 0 bridgehead atoms. The summed E-state index contributed by atoms with van der Waals surface area (Å²) in [5, 5.41) is 0. The molecule has 0 saturated carbocycles. The van der Waals surface area contributed by atoms with Gasteiger partial charge in [-0.25, -0.2) is 0 Å². The minimum Gasteiger partial charge on any atom is -0.546 e. The van der Waals surface area contributed by atoms with E-state index in [9.17, 15) is 0 Å². The fourth-order valence-electron chi connectivity index (χ4n) is 1.36. The van der Waals surface area contributed by atoms with Gasteiger partial charge >= 0.3 is 0 Å². The van der Waals surface area contributed by atoms with Crippen molar-refractivity contribution in [1.29, 1.82) is 0 Å². The first-order valence-electron chi connectivity index (χ1n) is 5.37. The Kier molecular flexibility index (Phi) is 3.45. The molecule has 1 aromatic rings. The molecule has 2 nitrogen and oxygen atoms in total. The van der Waals surface area contributed by atoms with Crippen LogP contribution in [0, 0.1) is 0 Å². The van der Waals surface area contributed by atoms with Crippen molar-refractivity contribution in [3.8, 4) is 5.75 Å². The molecule has 1 aromatic carbocycles. The zero-order valence-electron chi connectivity index (χ0n) is 10.3. The van der Waals surface area contributed by atoms with Crippen LogP contribution in [0.2, 0.25) is 13.1 Å². The van der Waals surface area contributed by atoms with E-state index in [0.717, 1.165) is 11.4 Å². The second kappa shape index (κ2) is 4.27. The van der Waals surface area contributed by atoms with E-state index < -0.39 is 9.04 Å². The van der Waals surface area contributed by atoms with Crippen LogP contribution in [0.1, 0.15) is 26.3 Å². The molecular weight excluding hydrogens is 202 g/mol. The third-order valence-electron chi connectivity index (χ3n) is 2.24. The zero-order chi connectivity index (χ0) is 11.6. The molecule has 15 heavy (non-hydrogen) atoms. The average Bonchev–Trinajstić information content (AvgIpc) is 2.06. The molecule has 84 valence electrons. The highest BCUT2D eigenvalue weighted by Crippen LogP contribution is 2.30. The maximum Gasteiger partial charge on any atom is 0.229 e. The lowest BCUT2D eigenvalue weighted by Gasteiger charge is -2.21. The fourth-order valence-corrected chi connectivity index (χ4v) is 2.07. The molecule has 0 aliphatic rings. The van der Waals surface area contributed by atoms with Crippen LogP contribution in [0.4, 0.5) is 5.69 Å². The van der Waals surface area contributed by atoms with Crippen LogP contribution in [0.15, 0.2) is 18.2 Å². The summed E-state index contributed by atoms with van der Waals surface area (Å²) in [5.41, 5.74) is 8.03. The Morgan fingerprint density at radius 2 is 1.80 bits per heavy atom. The molecule has 0 radical (unpaired) electrons. The van der Waals surface area contributed by atoms with Crippen molar-refractivity contribution in [1.82, 2.24) is 0 Å². The van der Waals surface area contributed by atoms with Gasteiger partial charge in [-0.15, -0.1) is 0 Å². The Morgan fingerprint density at radius 3 is 2.27 bits per heavy atom. The van der Waals surface area contributed by atoms with Crippen LogP contribution in [-0.2, 0) is 5.41 Å². The second-order valence-electron chi connectivity index (χ2n) is 5.17. The molecule has 0 aromatic heterocycles. The van der Waals surface area contributed by atoms with E-state index in [1.165, 1.54) is 5.56 Å². The molecule has 3 heteroatoms. The first-order valence-corrected chi connectivity index (χ1v) is 8.15. The molecule has 0 aliphatic carbocycles. The molecule has 1 rings (SSSR count). The van der Waals surface area contributed by atoms with Gasteiger partial charge in [-0.3, -0.25) is 0 Å². The minimum absolute atomic E-state index is 0.143. The van der Waals surface area contributed by atoms with Gasteiger partial charge < -0.3 is 10.2 Å². The summed E-state index contributed by atoms with van der Waals surface area (Å²) < 4.78 is 5.79. The quantitative estimate of drug-likeness (QED) is 0.618. The maximum absolute atomic E-state index is 5.88. The van der Waals surface area contributed by atoms with Crippen molar-refractivity contribution in [2.75, 3.05) is 5.73 Å². The van der Waals surface area contributed by atoms with E-state index >= 15 is 0 Å². The Bertz CT molecular complexity index is 342. The highest BCUT2D eigenvalue weighted by molar-refractivity contribution is 6.49. The number of hydrogen-bond donors (Lipinski definition) is 1. The van der Waals surface area contributed by atoms with Crippen molar-refractivity contribution in [2.24, 2.45) is 0 Å². The van der Waals surface area contributed by atoms with E-state index in [1.807, 2.05) is 6.07 Å². The standard InChI is InChI=1S/C12H21NOSi/c1-12(2,3)9-6-7-10(13)11(8-9)14-15(4)5/h6-8,15H,13H2,1-5H3. The van der Waals surface area contributed by atoms with Crippen molar-refractivity contribution >= 4 is 14.7 Å². The van der Waals surface area contributed by atoms with Crippen LogP contribution in [0.25, 0.3) is 0 Å². The van der Waals surface area contributed by atoms with Gasteiger partial charge in [0.25, 0.3) is 0 Å². The molecular formula is C12H21NOSi. The van der Waals surface area contributed by atoms with Gasteiger partial charge in [-0.05, 0) is 36.2 Å². The molecule has 0 aliphatic heterocycles. The summed E-state index contributed by atoms with van der Waals surface area (Å²) in [4.78, 5) is 0. The molecule has 2 N–H and O–H groups in total. The summed E-state index contributed by atoms with van der Waals surface area (Å²) >= 11 is 0. The van der Waals surface area contributed by atoms with Gasteiger partial charge in [0.1, 0.15) is 5.75 Å². The number of benzene rings is 1. The highest BCUT2D eigenvalue weighted by Gasteiger charge is 2.15. The summed E-state index contributed by atoms with van der Waals surface area (Å²) in [7, 11) is -1.08. The van der Waals surface area contributed by atoms with Crippen LogP contribution < -0.4 is 10.2 Å². The third kappa shape index (κ3) is 3.27. The minimum atomic E-state index is -1.08. The summed E-state index contributed by atoms with van der Waals surface area (Å²) in [5.74, 6) is 0.851. The summed E-state index contributed by atoms with van der Waals surface area (Å²) in [6, 6.07) is 6.08. The lowest BCUT2D eigenvalue weighted by Crippen LogP contribution is -2.15. The van der Waals surface area contributed by atoms with Crippen molar-refractivity contribution in [3.05, 3.63) is 23.8 Å². The second-order valence-corrected chi connectivity index (χ2v) is 7.50. The van der Waals surface area contributed by atoms with E-state index in [-0.39, 0.29) is 5.41 Å². The Hall–Kier alpha value is -0.963. The fraction of sp³-hybridized carbons (Fsp3) is 0.500. The first-order chi connectivity index (χ1) is 6.80. The van der Waals surface area contributed by atoms with Crippen LogP contribution in [0.3, 0.4) is 0 Å². The Balaban J connectivity index is 3.06. The smallest absolute Gasteiger partial charge is 0.229 e. The van der Waals surface area contributed by atoms with Crippen molar-refractivity contribution in [3.63, 3.8) is 0 Å². The molecule has 0 saturated heterocycles. The van der Waals surface area contributed by atoms with E-state index in [4.69, 9.17) is 10.2 Å². The van der Waals surface area contributed by atoms with Gasteiger partial charge in [0.15, 0.2) is 0 Å². The molecule has 0 unspecified atom stereocenters. The van der Waals surface area contributed by atoms with E-state index in [2.05, 4.69) is 46.0 Å². The van der Waals surface area contributed by atoms with E-state index in [1.54, 1.807) is 0 Å². The van der Waals surface area contributed by atoms with Crippen molar-refractivity contribution in [2.45, 2.75) is 39.3 Å². The monoisotopic (exact) mass is 223 g/mol. The molecule has 0 fully saturated rings. The molecule has 0 atom stereocenters. The predicted octanol–water partition coefficient (Wildman–Crippen LogP) is 2.93. The predicted molar refractivity (Wildman–Crippen MR) is 69.1 cm³/mol. The van der Waals surface area contributed by atoms with Gasteiger partial charge in [0.05, 0.1) is 5.69 Å². The van der Waals surface area contributed by atoms with E-state index in [0.29, 0.717) is 0 Å². The first kappa shape index (κ1) is 12.1. The number of anilines is 1. The normalized spacial score (nSPS) is 11.9. The van der Waals surface area contributed by atoms with Crippen LogP contribution >= 0.6 is 0 Å². The van der Waals surface area contributed by atoms with Crippen LogP contribution in [-0.4, -0.2) is 9.04 Å². The van der Waals surface area contributed by atoms with Gasteiger partial charge in [-0.2, -0.15) is 0 Å². The number of rotatable bonds is 2. The van der Waals surface area contributed by atoms with Crippen molar-refractivity contribution < 1.29 is 4.43 Å². The number of hydrogen-bond acceptors (Lipinski definition) is 2. The van der Waals surface area contributed by atoms with Gasteiger partial charge in [0, 0.05) is 0 Å². The number of nitrogens with two attached hydrogens (primary N) is 1. The van der Waals surface area contributed by atoms with Gasteiger partial charge in [-0.1, -0.05) is 26.8 Å². The highest BCUT2D eigenvalue weighted by atomic mass is 28.3. The average molecular weight is 223 g/mol. The molecule has 0 heterocycles.